The number of aromatic nitrogens is 3. The molecule has 0 bridgehead atoms. The topological polar surface area (TPSA) is 118 Å². The van der Waals surface area contributed by atoms with Crippen molar-refractivity contribution in [1.82, 2.24) is 14.5 Å². The fraction of sp³-hybridized carbons (Fsp3) is 0.556. The Labute approximate surface area is 217 Å². The lowest BCUT2D eigenvalue weighted by molar-refractivity contribution is -0.0308. The van der Waals surface area contributed by atoms with Gasteiger partial charge in [-0.1, -0.05) is 12.5 Å². The first-order valence-corrected chi connectivity index (χ1v) is 15.2. The van der Waals surface area contributed by atoms with Crippen molar-refractivity contribution in [1.29, 1.82) is 0 Å². The minimum absolute atomic E-state index is 0.156. The number of aliphatic hydroxyl groups is 1. The van der Waals surface area contributed by atoms with E-state index < -0.39 is 16.1 Å². The van der Waals surface area contributed by atoms with Crippen LogP contribution in [0.25, 0.3) is 11.2 Å². The van der Waals surface area contributed by atoms with Gasteiger partial charge in [0.15, 0.2) is 15.5 Å². The highest BCUT2D eigenvalue weighted by Crippen LogP contribution is 2.40. The summed E-state index contributed by atoms with van der Waals surface area (Å²) < 4.78 is 33.7. The molecule has 2 saturated carbocycles. The maximum absolute atomic E-state index is 12.8. The molecule has 2 atom stereocenters. The zero-order valence-corrected chi connectivity index (χ0v) is 22.2. The third kappa shape index (κ3) is 4.94. The number of imidazole rings is 1. The number of benzene rings is 1. The summed E-state index contributed by atoms with van der Waals surface area (Å²) in [6.45, 7) is 2.63. The molecule has 9 nitrogen and oxygen atoms in total. The van der Waals surface area contributed by atoms with Gasteiger partial charge in [-0.05, 0) is 75.5 Å². The smallest absolute Gasteiger partial charge is 0.177 e. The molecular formula is C27H35N5O4S. The summed E-state index contributed by atoms with van der Waals surface area (Å²) in [6.07, 6.45) is 8.73. The number of aryl methyl sites for hydroxylation is 1. The summed E-state index contributed by atoms with van der Waals surface area (Å²) in [5.74, 6) is 1.94. The standard InChI is InChI=1S/C27H35N5O4S/c1-16-28-25-21(29-20-12-11-19(17-6-5-7-17)14-22(20)37(2,34)35)15-23(31-27(33)18-9-10-18)30-26(25)32(16)24-8-3-4-13-36-24/h11-12,14-15,17-18,24,27,33H,3-10,13H2,1-2H3,(H2,29,30,31). The molecule has 1 aliphatic heterocycles. The Morgan fingerprint density at radius 2 is 1.86 bits per heavy atom. The maximum Gasteiger partial charge on any atom is 0.177 e. The van der Waals surface area contributed by atoms with Gasteiger partial charge < -0.3 is 20.5 Å². The van der Waals surface area contributed by atoms with E-state index in [-0.39, 0.29) is 17.0 Å². The third-order valence-electron chi connectivity index (χ3n) is 7.88. The van der Waals surface area contributed by atoms with Gasteiger partial charge >= 0.3 is 0 Å². The van der Waals surface area contributed by atoms with Crippen molar-refractivity contribution in [2.45, 2.75) is 81.6 Å². The number of anilines is 3. The van der Waals surface area contributed by atoms with Gasteiger partial charge in [0.2, 0.25) is 0 Å². The highest BCUT2D eigenvalue weighted by molar-refractivity contribution is 7.90. The van der Waals surface area contributed by atoms with Gasteiger partial charge in [0, 0.05) is 24.8 Å². The summed E-state index contributed by atoms with van der Waals surface area (Å²) in [5, 5.41) is 17.1. The lowest BCUT2D eigenvalue weighted by Crippen LogP contribution is -2.22. The molecule has 0 amide bonds. The van der Waals surface area contributed by atoms with Gasteiger partial charge in [-0.3, -0.25) is 4.57 Å². The highest BCUT2D eigenvalue weighted by atomic mass is 32.2. The molecule has 0 radical (unpaired) electrons. The number of nitrogens with one attached hydrogen (secondary N) is 2. The molecule has 1 saturated heterocycles. The maximum atomic E-state index is 12.8. The molecule has 0 spiro atoms. The van der Waals surface area contributed by atoms with Crippen molar-refractivity contribution in [2.24, 2.45) is 5.92 Å². The average molecular weight is 526 g/mol. The lowest BCUT2D eigenvalue weighted by Gasteiger charge is -2.26. The molecule has 1 aromatic carbocycles. The van der Waals surface area contributed by atoms with Gasteiger partial charge in [0.05, 0.1) is 16.3 Å². The van der Waals surface area contributed by atoms with Crippen LogP contribution < -0.4 is 10.6 Å². The fourth-order valence-electron chi connectivity index (χ4n) is 5.38. The van der Waals surface area contributed by atoms with E-state index in [9.17, 15) is 13.5 Å². The molecule has 3 aromatic rings. The van der Waals surface area contributed by atoms with E-state index in [1.165, 1.54) is 12.7 Å². The van der Waals surface area contributed by atoms with Crippen molar-refractivity contribution in [3.8, 4) is 0 Å². The molecule has 3 fully saturated rings. The van der Waals surface area contributed by atoms with Crippen LogP contribution in [0.4, 0.5) is 17.2 Å². The second-order valence-corrected chi connectivity index (χ2v) is 12.8. The Morgan fingerprint density at radius 1 is 1.05 bits per heavy atom. The van der Waals surface area contributed by atoms with Crippen molar-refractivity contribution in [3.63, 3.8) is 0 Å². The van der Waals surface area contributed by atoms with E-state index in [0.717, 1.165) is 56.3 Å². The van der Waals surface area contributed by atoms with E-state index in [1.807, 2.05) is 29.7 Å². The van der Waals surface area contributed by atoms with Gasteiger partial charge in [-0.15, -0.1) is 0 Å². The average Bonchev–Trinajstić information content (AvgIpc) is 3.62. The van der Waals surface area contributed by atoms with Crippen molar-refractivity contribution in [3.05, 3.63) is 35.7 Å². The minimum atomic E-state index is -3.48. The Balaban J connectivity index is 1.44. The zero-order chi connectivity index (χ0) is 25.7. The molecule has 3 heterocycles. The summed E-state index contributed by atoms with van der Waals surface area (Å²) in [6, 6.07) is 7.50. The van der Waals surface area contributed by atoms with Crippen molar-refractivity contribution in [2.75, 3.05) is 23.5 Å². The number of hydrogen-bond acceptors (Lipinski definition) is 8. The van der Waals surface area contributed by atoms with Gasteiger partial charge in [-0.2, -0.15) is 0 Å². The third-order valence-corrected chi connectivity index (χ3v) is 9.02. The number of nitrogens with zero attached hydrogens (tertiary/aromatic N) is 3. The van der Waals surface area contributed by atoms with E-state index in [2.05, 4.69) is 10.6 Å². The number of pyridine rings is 1. The monoisotopic (exact) mass is 525 g/mol. The van der Waals surface area contributed by atoms with E-state index in [1.54, 1.807) is 6.07 Å². The van der Waals surface area contributed by atoms with E-state index in [0.29, 0.717) is 40.9 Å². The second-order valence-electron chi connectivity index (χ2n) is 10.8. The van der Waals surface area contributed by atoms with Gasteiger partial charge in [0.1, 0.15) is 29.6 Å². The van der Waals surface area contributed by atoms with Gasteiger partial charge in [0.25, 0.3) is 0 Å². The van der Waals surface area contributed by atoms with Crippen molar-refractivity contribution < 1.29 is 18.3 Å². The van der Waals surface area contributed by atoms with E-state index in [4.69, 9.17) is 14.7 Å². The zero-order valence-electron chi connectivity index (χ0n) is 21.4. The van der Waals surface area contributed by atoms with Crippen LogP contribution in [-0.2, 0) is 14.6 Å². The SMILES string of the molecule is Cc1nc2c(Nc3ccc(C4CCC4)cc3S(C)(=O)=O)cc(NC(O)C3CC3)nc2n1C1CCCCO1. The molecule has 3 N–H and O–H groups in total. The Kier molecular flexibility index (Phi) is 6.37. The van der Waals surface area contributed by atoms with Crippen LogP contribution in [0.5, 0.6) is 0 Å². The predicted octanol–water partition coefficient (Wildman–Crippen LogP) is 4.99. The predicted molar refractivity (Wildman–Crippen MR) is 143 cm³/mol. The van der Waals surface area contributed by atoms with Crippen LogP contribution in [0, 0.1) is 12.8 Å². The quantitative estimate of drug-likeness (QED) is 0.352. The molecule has 2 unspecified atom stereocenters. The van der Waals surface area contributed by atoms with E-state index >= 15 is 0 Å². The molecule has 2 aliphatic carbocycles. The Morgan fingerprint density at radius 3 is 2.51 bits per heavy atom. The number of fused-ring (bicyclic) bond motifs is 1. The molecular weight excluding hydrogens is 490 g/mol. The summed E-state index contributed by atoms with van der Waals surface area (Å²) in [7, 11) is -3.48. The first-order chi connectivity index (χ1) is 17.8. The Bertz CT molecular complexity index is 1420. The van der Waals surface area contributed by atoms with Crippen LogP contribution in [0.1, 0.15) is 74.9 Å². The Hall–Kier alpha value is -2.69. The highest BCUT2D eigenvalue weighted by Gasteiger charge is 2.31. The number of aliphatic hydroxyl groups excluding tert-OH is 1. The van der Waals surface area contributed by atoms with Crippen LogP contribution in [0.2, 0.25) is 0 Å². The fourth-order valence-corrected chi connectivity index (χ4v) is 6.25. The van der Waals surface area contributed by atoms with Gasteiger partial charge in [-0.25, -0.2) is 18.4 Å². The first kappa shape index (κ1) is 24.6. The molecule has 3 aliphatic rings. The lowest BCUT2D eigenvalue weighted by atomic mass is 9.80. The first-order valence-electron chi connectivity index (χ1n) is 13.3. The number of sulfone groups is 1. The van der Waals surface area contributed by atoms with Crippen LogP contribution in [0.3, 0.4) is 0 Å². The summed E-state index contributed by atoms with van der Waals surface area (Å²) in [4.78, 5) is 9.95. The molecule has 6 rings (SSSR count). The second kappa shape index (κ2) is 9.56. The minimum Gasteiger partial charge on any atom is -0.373 e. The largest absolute Gasteiger partial charge is 0.373 e. The molecule has 37 heavy (non-hydrogen) atoms. The summed E-state index contributed by atoms with van der Waals surface area (Å²) in [5.41, 5.74) is 3.50. The normalized spacial score (nSPS) is 21.5. The number of rotatable bonds is 8. The summed E-state index contributed by atoms with van der Waals surface area (Å²) >= 11 is 0. The molecule has 198 valence electrons. The van der Waals surface area contributed by atoms with Crippen LogP contribution in [0.15, 0.2) is 29.2 Å². The number of ether oxygens (including phenoxy) is 1. The molecule has 10 heteroatoms. The van der Waals surface area contributed by atoms with Crippen LogP contribution >= 0.6 is 0 Å². The van der Waals surface area contributed by atoms with Crippen LogP contribution in [-0.4, -0.2) is 47.1 Å². The molecule has 2 aromatic heterocycles. The van der Waals surface area contributed by atoms with Crippen molar-refractivity contribution >= 4 is 38.2 Å². The number of hydrogen-bond donors (Lipinski definition) is 3.